The highest BCUT2D eigenvalue weighted by Crippen LogP contribution is 2.15. The Kier molecular flexibility index (Phi) is 4.34. The number of benzene rings is 2. The van der Waals surface area contributed by atoms with Gasteiger partial charge in [0.1, 0.15) is 0 Å². The zero-order chi connectivity index (χ0) is 15.4. The highest BCUT2D eigenvalue weighted by molar-refractivity contribution is 9.10. The number of rotatable bonds is 4. The van der Waals surface area contributed by atoms with Gasteiger partial charge < -0.3 is 9.88 Å². The maximum absolute atomic E-state index is 12.2. The molecule has 4 nitrogen and oxygen atoms in total. The minimum absolute atomic E-state index is 0.114. The molecule has 5 heteroatoms. The summed E-state index contributed by atoms with van der Waals surface area (Å²) in [4.78, 5) is 16.2. The van der Waals surface area contributed by atoms with Crippen LogP contribution >= 0.6 is 15.9 Å². The predicted octanol–water partition coefficient (Wildman–Crippen LogP) is 3.95. The molecule has 0 aliphatic heterocycles. The van der Waals surface area contributed by atoms with Gasteiger partial charge in [0.2, 0.25) is 0 Å². The molecule has 2 aromatic carbocycles. The van der Waals surface area contributed by atoms with Gasteiger partial charge in [-0.3, -0.25) is 4.79 Å². The fraction of sp³-hybridized carbons (Fsp3) is 0.0588. The van der Waals surface area contributed by atoms with Crippen molar-refractivity contribution in [3.63, 3.8) is 0 Å². The third-order valence-electron chi connectivity index (χ3n) is 3.24. The van der Waals surface area contributed by atoms with E-state index in [1.807, 2.05) is 59.3 Å². The Morgan fingerprint density at radius 1 is 1.09 bits per heavy atom. The van der Waals surface area contributed by atoms with Crippen LogP contribution in [0.5, 0.6) is 0 Å². The highest BCUT2D eigenvalue weighted by atomic mass is 79.9. The van der Waals surface area contributed by atoms with E-state index in [4.69, 9.17) is 0 Å². The van der Waals surface area contributed by atoms with Crippen LogP contribution in [0.2, 0.25) is 0 Å². The van der Waals surface area contributed by atoms with Gasteiger partial charge in [-0.25, -0.2) is 4.98 Å². The lowest BCUT2D eigenvalue weighted by atomic mass is 10.1. The molecule has 1 heterocycles. The number of aromatic nitrogens is 2. The predicted molar refractivity (Wildman–Crippen MR) is 89.9 cm³/mol. The van der Waals surface area contributed by atoms with E-state index < -0.39 is 0 Å². The summed E-state index contributed by atoms with van der Waals surface area (Å²) in [6.45, 7) is 0.745. The molecule has 0 saturated heterocycles. The Balaban J connectivity index is 1.66. The molecule has 1 amide bonds. The molecule has 0 bridgehead atoms. The maximum Gasteiger partial charge on any atom is 0.255 e. The summed E-state index contributed by atoms with van der Waals surface area (Å²) >= 11 is 3.37. The highest BCUT2D eigenvalue weighted by Gasteiger charge is 2.06. The van der Waals surface area contributed by atoms with Crippen molar-refractivity contribution in [1.29, 1.82) is 0 Å². The molecule has 0 aliphatic rings. The first-order valence-electron chi connectivity index (χ1n) is 6.82. The molecule has 0 spiro atoms. The number of amides is 1. The van der Waals surface area contributed by atoms with E-state index in [1.54, 1.807) is 12.5 Å². The van der Waals surface area contributed by atoms with E-state index in [1.165, 1.54) is 0 Å². The third-order valence-corrected chi connectivity index (χ3v) is 3.77. The fourth-order valence-electron chi connectivity index (χ4n) is 2.09. The molecule has 22 heavy (non-hydrogen) atoms. The number of nitrogens with one attached hydrogen (secondary N) is 1. The number of imidazole rings is 1. The van der Waals surface area contributed by atoms with Crippen LogP contribution in [0.15, 0.2) is 71.7 Å². The van der Waals surface area contributed by atoms with E-state index in [0.717, 1.165) is 22.3 Å². The number of halogens is 1. The standard InChI is InChI=1S/C17H14BrN3O/c18-15-5-7-16(8-6-15)20-17(22)14-3-1-13(2-4-14)11-21-10-9-19-12-21/h1-10,12H,11H2,(H,20,22). The van der Waals surface area contributed by atoms with Crippen LogP contribution in [0.25, 0.3) is 0 Å². The Labute approximate surface area is 136 Å². The van der Waals surface area contributed by atoms with E-state index >= 15 is 0 Å². The van der Waals surface area contributed by atoms with Crippen LogP contribution in [0.3, 0.4) is 0 Å². The molecule has 0 saturated carbocycles. The summed E-state index contributed by atoms with van der Waals surface area (Å²) < 4.78 is 2.96. The van der Waals surface area contributed by atoms with Crippen molar-refractivity contribution in [3.8, 4) is 0 Å². The second-order valence-electron chi connectivity index (χ2n) is 4.89. The van der Waals surface area contributed by atoms with Gasteiger partial charge in [0.25, 0.3) is 5.91 Å². The normalized spacial score (nSPS) is 10.4. The molecule has 1 N–H and O–H groups in total. The van der Waals surface area contributed by atoms with Gasteiger partial charge in [0.15, 0.2) is 0 Å². The fourth-order valence-corrected chi connectivity index (χ4v) is 2.35. The first-order chi connectivity index (χ1) is 10.7. The minimum atomic E-state index is -0.114. The van der Waals surface area contributed by atoms with E-state index in [9.17, 15) is 4.79 Å². The number of hydrogen-bond acceptors (Lipinski definition) is 2. The lowest BCUT2D eigenvalue weighted by Gasteiger charge is -2.07. The third kappa shape index (κ3) is 3.62. The molecule has 3 aromatic rings. The summed E-state index contributed by atoms with van der Waals surface area (Å²) in [6, 6.07) is 15.1. The van der Waals surface area contributed by atoms with Crippen LogP contribution in [-0.4, -0.2) is 15.5 Å². The number of carbonyl (C=O) groups excluding carboxylic acids is 1. The van der Waals surface area contributed by atoms with Gasteiger partial charge in [0, 0.05) is 34.7 Å². The number of anilines is 1. The van der Waals surface area contributed by atoms with Gasteiger partial charge in [-0.15, -0.1) is 0 Å². The van der Waals surface area contributed by atoms with Crippen LogP contribution < -0.4 is 5.32 Å². The number of nitrogens with zero attached hydrogens (tertiary/aromatic N) is 2. The maximum atomic E-state index is 12.2. The van der Waals surface area contributed by atoms with Crippen LogP contribution in [0.1, 0.15) is 15.9 Å². The summed E-state index contributed by atoms with van der Waals surface area (Å²) in [5.41, 5.74) is 2.53. The van der Waals surface area contributed by atoms with Crippen LogP contribution in [-0.2, 0) is 6.54 Å². The van der Waals surface area contributed by atoms with Gasteiger partial charge >= 0.3 is 0 Å². The van der Waals surface area contributed by atoms with Crippen molar-refractivity contribution in [1.82, 2.24) is 9.55 Å². The van der Waals surface area contributed by atoms with Crippen molar-refractivity contribution in [2.45, 2.75) is 6.54 Å². The first-order valence-corrected chi connectivity index (χ1v) is 7.61. The van der Waals surface area contributed by atoms with Crippen molar-refractivity contribution in [2.24, 2.45) is 0 Å². The van der Waals surface area contributed by atoms with Crippen molar-refractivity contribution < 1.29 is 4.79 Å². The van der Waals surface area contributed by atoms with Crippen LogP contribution in [0, 0.1) is 0 Å². The summed E-state index contributed by atoms with van der Waals surface area (Å²) in [7, 11) is 0. The molecule has 0 unspecified atom stereocenters. The van der Waals surface area contributed by atoms with Gasteiger partial charge in [0.05, 0.1) is 6.33 Å². The topological polar surface area (TPSA) is 46.9 Å². The summed E-state index contributed by atoms with van der Waals surface area (Å²) in [6.07, 6.45) is 5.43. The zero-order valence-electron chi connectivity index (χ0n) is 11.7. The Hall–Kier alpha value is -2.40. The summed E-state index contributed by atoms with van der Waals surface area (Å²) in [5.74, 6) is -0.114. The average Bonchev–Trinajstić information content (AvgIpc) is 3.03. The number of carbonyl (C=O) groups is 1. The second-order valence-corrected chi connectivity index (χ2v) is 5.81. The quantitative estimate of drug-likeness (QED) is 0.770. The zero-order valence-corrected chi connectivity index (χ0v) is 13.3. The molecule has 0 fully saturated rings. The Morgan fingerprint density at radius 2 is 1.82 bits per heavy atom. The SMILES string of the molecule is O=C(Nc1ccc(Br)cc1)c1ccc(Cn2ccnc2)cc1. The van der Waals surface area contributed by atoms with E-state index in [2.05, 4.69) is 26.2 Å². The Bertz CT molecular complexity index is 750. The van der Waals surface area contributed by atoms with E-state index in [-0.39, 0.29) is 5.91 Å². The van der Waals surface area contributed by atoms with Crippen molar-refractivity contribution in [3.05, 3.63) is 82.9 Å². The molecular weight excluding hydrogens is 342 g/mol. The largest absolute Gasteiger partial charge is 0.333 e. The minimum Gasteiger partial charge on any atom is -0.333 e. The van der Waals surface area contributed by atoms with Crippen molar-refractivity contribution in [2.75, 3.05) is 5.32 Å². The monoisotopic (exact) mass is 355 g/mol. The molecular formula is C17H14BrN3O. The molecule has 1 aromatic heterocycles. The lowest BCUT2D eigenvalue weighted by Crippen LogP contribution is -2.11. The second kappa shape index (κ2) is 6.58. The van der Waals surface area contributed by atoms with Gasteiger partial charge in [-0.05, 0) is 42.0 Å². The van der Waals surface area contributed by atoms with Crippen LogP contribution in [0.4, 0.5) is 5.69 Å². The molecule has 3 rings (SSSR count). The van der Waals surface area contributed by atoms with Gasteiger partial charge in [-0.1, -0.05) is 28.1 Å². The molecule has 110 valence electrons. The smallest absolute Gasteiger partial charge is 0.255 e. The Morgan fingerprint density at radius 3 is 2.45 bits per heavy atom. The molecule has 0 aliphatic carbocycles. The van der Waals surface area contributed by atoms with E-state index in [0.29, 0.717) is 5.56 Å². The molecule has 0 atom stereocenters. The lowest BCUT2D eigenvalue weighted by molar-refractivity contribution is 0.102. The van der Waals surface area contributed by atoms with Crippen molar-refractivity contribution >= 4 is 27.5 Å². The number of hydrogen-bond donors (Lipinski definition) is 1. The van der Waals surface area contributed by atoms with Gasteiger partial charge in [-0.2, -0.15) is 0 Å². The summed E-state index contributed by atoms with van der Waals surface area (Å²) in [5, 5.41) is 2.88. The first kappa shape index (κ1) is 14.5. The molecule has 0 radical (unpaired) electrons. The average molecular weight is 356 g/mol.